The van der Waals surface area contributed by atoms with Crippen LogP contribution in [0.15, 0.2) is 79.5 Å². The smallest absolute Gasteiger partial charge is 0.134 e. The van der Waals surface area contributed by atoms with Gasteiger partial charge in [-0.2, -0.15) is 0 Å². The number of aromatic nitrogens is 1. The fourth-order valence-corrected chi connectivity index (χ4v) is 3.94. The van der Waals surface area contributed by atoms with E-state index in [1.165, 1.54) is 18.9 Å². The minimum atomic E-state index is -0.309. The Morgan fingerprint density at radius 3 is 2.44 bits per heavy atom. The molecule has 4 heteroatoms. The summed E-state index contributed by atoms with van der Waals surface area (Å²) in [5.74, 6) is 0.186. The number of unbranched alkanes of at least 4 members (excludes halogenated alkanes) is 3. The van der Waals surface area contributed by atoms with Crippen LogP contribution < -0.4 is 4.74 Å². The molecule has 1 heterocycles. The molecule has 36 heavy (non-hydrogen) atoms. The van der Waals surface area contributed by atoms with E-state index in [1.54, 1.807) is 18.2 Å². The Labute approximate surface area is 215 Å². The molecular formula is C32H38FNO2. The van der Waals surface area contributed by atoms with Gasteiger partial charge in [-0.05, 0) is 68.0 Å². The van der Waals surface area contributed by atoms with E-state index >= 15 is 0 Å². The first-order valence-electron chi connectivity index (χ1n) is 13.0. The lowest BCUT2D eigenvalue weighted by atomic mass is 10.0. The highest BCUT2D eigenvalue weighted by atomic mass is 19.1. The van der Waals surface area contributed by atoms with Crippen LogP contribution >= 0.6 is 0 Å². The molecule has 3 aromatic rings. The van der Waals surface area contributed by atoms with Crippen molar-refractivity contribution in [1.82, 2.24) is 4.98 Å². The van der Waals surface area contributed by atoms with E-state index in [0.717, 1.165) is 54.7 Å². The van der Waals surface area contributed by atoms with Crippen molar-refractivity contribution in [1.29, 1.82) is 0 Å². The molecule has 1 aromatic heterocycles. The molecule has 3 rings (SSSR count). The Kier molecular flexibility index (Phi) is 11.4. The third kappa shape index (κ3) is 8.76. The number of hydrogen-bond donors (Lipinski definition) is 0. The molecule has 0 spiro atoms. The van der Waals surface area contributed by atoms with E-state index in [2.05, 4.69) is 43.6 Å². The van der Waals surface area contributed by atoms with Crippen LogP contribution in [0.1, 0.15) is 58.1 Å². The number of ether oxygens (including phenoxy) is 2. The largest absolute Gasteiger partial charge is 0.489 e. The van der Waals surface area contributed by atoms with Gasteiger partial charge in [0.2, 0.25) is 0 Å². The van der Waals surface area contributed by atoms with Gasteiger partial charge in [0.15, 0.2) is 0 Å². The zero-order valence-corrected chi connectivity index (χ0v) is 21.6. The van der Waals surface area contributed by atoms with Gasteiger partial charge < -0.3 is 9.47 Å². The number of rotatable bonds is 15. The Balaban J connectivity index is 1.49. The quantitative estimate of drug-likeness (QED) is 0.158. The number of nitrogens with zero attached hydrogens (tertiary/aromatic N) is 1. The zero-order valence-electron chi connectivity index (χ0n) is 21.6. The third-order valence-corrected chi connectivity index (χ3v) is 6.04. The van der Waals surface area contributed by atoms with Gasteiger partial charge in [0.25, 0.3) is 0 Å². The molecule has 0 N–H and O–H groups in total. The van der Waals surface area contributed by atoms with Crippen molar-refractivity contribution in [3.8, 4) is 28.0 Å². The van der Waals surface area contributed by atoms with E-state index in [4.69, 9.17) is 9.47 Å². The summed E-state index contributed by atoms with van der Waals surface area (Å²) >= 11 is 0. The van der Waals surface area contributed by atoms with Crippen LogP contribution in [0.3, 0.4) is 0 Å². The fraction of sp³-hybridized carbons (Fsp3) is 0.344. The summed E-state index contributed by atoms with van der Waals surface area (Å²) in [5.41, 5.74) is 4.38. The van der Waals surface area contributed by atoms with Gasteiger partial charge in [-0.1, -0.05) is 68.8 Å². The third-order valence-electron chi connectivity index (χ3n) is 6.04. The van der Waals surface area contributed by atoms with Crippen LogP contribution in [0.4, 0.5) is 4.39 Å². The van der Waals surface area contributed by atoms with Crippen molar-refractivity contribution in [2.75, 3.05) is 13.2 Å². The van der Waals surface area contributed by atoms with E-state index in [1.807, 2.05) is 36.5 Å². The Morgan fingerprint density at radius 1 is 0.972 bits per heavy atom. The van der Waals surface area contributed by atoms with E-state index in [9.17, 15) is 4.39 Å². The van der Waals surface area contributed by atoms with Crippen LogP contribution in [0.25, 0.3) is 28.3 Å². The fourth-order valence-electron chi connectivity index (χ4n) is 3.94. The molecule has 0 amide bonds. The van der Waals surface area contributed by atoms with Crippen LogP contribution in [-0.4, -0.2) is 24.3 Å². The molecular weight excluding hydrogens is 449 g/mol. The van der Waals surface area contributed by atoms with Crippen molar-refractivity contribution in [2.24, 2.45) is 0 Å². The van der Waals surface area contributed by atoms with E-state index in [0.29, 0.717) is 24.0 Å². The van der Waals surface area contributed by atoms with Gasteiger partial charge >= 0.3 is 0 Å². The summed E-state index contributed by atoms with van der Waals surface area (Å²) in [7, 11) is 0. The molecule has 0 saturated carbocycles. The summed E-state index contributed by atoms with van der Waals surface area (Å²) in [5, 5.41) is 0. The predicted octanol–water partition coefficient (Wildman–Crippen LogP) is 8.90. The maximum Gasteiger partial charge on any atom is 0.134 e. The number of pyridine rings is 1. The Bertz CT molecular complexity index is 1090. The second kappa shape index (κ2) is 15.0. The molecule has 0 aliphatic rings. The van der Waals surface area contributed by atoms with E-state index in [-0.39, 0.29) is 5.82 Å². The van der Waals surface area contributed by atoms with Crippen LogP contribution in [0.5, 0.6) is 5.75 Å². The molecule has 2 aromatic carbocycles. The Hall–Kier alpha value is -3.24. The summed E-state index contributed by atoms with van der Waals surface area (Å²) < 4.78 is 25.8. The van der Waals surface area contributed by atoms with Gasteiger partial charge in [0.1, 0.15) is 18.2 Å². The highest BCUT2D eigenvalue weighted by Gasteiger charge is 2.08. The van der Waals surface area contributed by atoms with E-state index < -0.39 is 0 Å². The lowest BCUT2D eigenvalue weighted by Gasteiger charge is -2.11. The average Bonchev–Trinajstić information content (AvgIpc) is 2.90. The molecule has 0 saturated heterocycles. The minimum absolute atomic E-state index is 0.309. The van der Waals surface area contributed by atoms with Crippen LogP contribution in [0.2, 0.25) is 0 Å². The van der Waals surface area contributed by atoms with Crippen molar-refractivity contribution < 1.29 is 13.9 Å². The average molecular weight is 488 g/mol. The van der Waals surface area contributed by atoms with Crippen molar-refractivity contribution in [3.05, 3.63) is 91.0 Å². The van der Waals surface area contributed by atoms with Crippen LogP contribution in [0, 0.1) is 5.82 Å². The van der Waals surface area contributed by atoms with Crippen molar-refractivity contribution >= 4 is 6.08 Å². The summed E-state index contributed by atoms with van der Waals surface area (Å²) in [6.07, 6.45) is 14.9. The van der Waals surface area contributed by atoms with Crippen molar-refractivity contribution in [3.63, 3.8) is 0 Å². The first-order chi connectivity index (χ1) is 17.6. The van der Waals surface area contributed by atoms with Gasteiger partial charge in [-0.15, -0.1) is 0 Å². The lowest BCUT2D eigenvalue weighted by molar-refractivity contribution is 0.0566. The standard InChI is InChI=1S/C32H38FNO2/c1-4-6-10-22-35-25(3)11-8-7-9-12-29-18-17-28(24-34-29)26-13-15-27(16-14-26)31-20-19-30(23-32(31)33)36-21-5-2/h5,9,12-20,23-25H,2,4,6-8,10-11,21-22H2,1,3H3/b12-9+. The number of hydrogen-bond acceptors (Lipinski definition) is 3. The number of halogens is 1. The summed E-state index contributed by atoms with van der Waals surface area (Å²) in [4.78, 5) is 4.58. The monoisotopic (exact) mass is 487 g/mol. The van der Waals surface area contributed by atoms with Gasteiger partial charge in [0.05, 0.1) is 11.8 Å². The van der Waals surface area contributed by atoms with Gasteiger partial charge in [0, 0.05) is 30.0 Å². The molecule has 0 fully saturated rings. The molecule has 0 radical (unpaired) electrons. The normalized spacial score (nSPS) is 12.1. The molecule has 0 aliphatic carbocycles. The minimum Gasteiger partial charge on any atom is -0.489 e. The number of benzene rings is 2. The maximum atomic E-state index is 14.6. The van der Waals surface area contributed by atoms with Crippen molar-refractivity contribution in [2.45, 2.75) is 58.5 Å². The Morgan fingerprint density at radius 2 is 1.75 bits per heavy atom. The molecule has 0 bridgehead atoms. The lowest BCUT2D eigenvalue weighted by Crippen LogP contribution is -2.08. The SMILES string of the molecule is C=CCOc1ccc(-c2ccc(-c3ccc(/C=C/CCCC(C)OCCCCC)nc3)cc2)c(F)c1. The van der Waals surface area contributed by atoms with Gasteiger partial charge in [-0.3, -0.25) is 4.98 Å². The molecule has 190 valence electrons. The first-order valence-corrected chi connectivity index (χ1v) is 13.0. The number of allylic oxidation sites excluding steroid dienone is 1. The second-order valence-corrected chi connectivity index (χ2v) is 9.01. The predicted molar refractivity (Wildman–Crippen MR) is 149 cm³/mol. The highest BCUT2D eigenvalue weighted by molar-refractivity contribution is 5.71. The highest BCUT2D eigenvalue weighted by Crippen LogP contribution is 2.29. The maximum absolute atomic E-state index is 14.6. The molecule has 1 atom stereocenters. The molecule has 1 unspecified atom stereocenters. The topological polar surface area (TPSA) is 31.4 Å². The molecule has 0 aliphatic heterocycles. The van der Waals surface area contributed by atoms with Crippen LogP contribution in [-0.2, 0) is 4.74 Å². The molecule has 3 nitrogen and oxygen atoms in total. The zero-order chi connectivity index (χ0) is 25.6. The summed E-state index contributed by atoms with van der Waals surface area (Å²) in [6.45, 7) is 9.21. The summed E-state index contributed by atoms with van der Waals surface area (Å²) in [6, 6.07) is 16.9. The van der Waals surface area contributed by atoms with Gasteiger partial charge in [-0.25, -0.2) is 4.39 Å². The second-order valence-electron chi connectivity index (χ2n) is 9.01. The first kappa shape index (κ1) is 27.3.